The van der Waals surface area contributed by atoms with Crippen molar-refractivity contribution < 1.29 is 9.59 Å². The number of nitrogens with zero attached hydrogens (tertiary/aromatic N) is 1. The molecule has 2 fully saturated rings. The van der Waals surface area contributed by atoms with E-state index in [-0.39, 0.29) is 43.2 Å². The molecule has 28 heavy (non-hydrogen) atoms. The molecule has 3 N–H and O–H groups in total. The van der Waals surface area contributed by atoms with Gasteiger partial charge in [0.05, 0.1) is 17.7 Å². The van der Waals surface area contributed by atoms with E-state index >= 15 is 0 Å². The van der Waals surface area contributed by atoms with E-state index in [1.807, 2.05) is 30.3 Å². The summed E-state index contributed by atoms with van der Waals surface area (Å²) in [7, 11) is 0. The number of nitrogens with one attached hydrogen (secondary N) is 3. The lowest BCUT2D eigenvalue weighted by Crippen LogP contribution is -2.40. The molecule has 2 bridgehead atoms. The maximum Gasteiger partial charge on any atom is 0.243 e. The third-order valence-corrected chi connectivity index (χ3v) is 5.40. The van der Waals surface area contributed by atoms with Gasteiger partial charge in [0.15, 0.2) is 0 Å². The summed E-state index contributed by atoms with van der Waals surface area (Å²) in [4.78, 5) is 28.7. The topological polar surface area (TPSA) is 83.1 Å². The molecule has 152 valence electrons. The van der Waals surface area contributed by atoms with E-state index in [1.165, 1.54) is 12.8 Å². The first-order valence-electron chi connectivity index (χ1n) is 9.34. The zero-order valence-electron chi connectivity index (χ0n) is 15.5. The minimum absolute atomic E-state index is 0. The smallest absolute Gasteiger partial charge is 0.243 e. The van der Waals surface area contributed by atoms with Crippen molar-refractivity contribution in [2.75, 3.05) is 11.9 Å². The number of hydrogen-bond donors (Lipinski definition) is 3. The third-order valence-electron chi connectivity index (χ3n) is 5.40. The number of carbonyl (C=O) groups excluding carboxylic acids is 2. The van der Waals surface area contributed by atoms with Gasteiger partial charge in [0.2, 0.25) is 11.8 Å². The minimum atomic E-state index is -0.234. The van der Waals surface area contributed by atoms with Crippen LogP contribution in [0.25, 0.3) is 10.9 Å². The number of carbonyl (C=O) groups is 2. The summed E-state index contributed by atoms with van der Waals surface area (Å²) in [5.41, 5.74) is 1.41. The Balaban J connectivity index is 0.00000140. The SMILES string of the molecule is Cl.Cl.O=C(CC1CC2CCC(C1)N2)NCC(=O)Nc1cccc2cccnc12. The van der Waals surface area contributed by atoms with Crippen LogP contribution in [0.1, 0.15) is 32.1 Å². The Bertz CT molecular complexity index is 815. The van der Waals surface area contributed by atoms with Crippen LogP contribution in [-0.2, 0) is 9.59 Å². The fourth-order valence-electron chi connectivity index (χ4n) is 4.25. The number of fused-ring (bicyclic) bond motifs is 3. The number of aromatic nitrogens is 1. The number of amides is 2. The van der Waals surface area contributed by atoms with Gasteiger partial charge in [0.25, 0.3) is 0 Å². The Kier molecular flexibility index (Phi) is 8.04. The Morgan fingerprint density at radius 2 is 1.75 bits per heavy atom. The predicted molar refractivity (Wildman–Crippen MR) is 115 cm³/mol. The molecule has 0 aliphatic carbocycles. The molecule has 2 saturated heterocycles. The van der Waals surface area contributed by atoms with E-state index in [9.17, 15) is 9.59 Å². The number of benzene rings is 1. The molecule has 2 aliphatic heterocycles. The van der Waals surface area contributed by atoms with Gasteiger partial charge < -0.3 is 16.0 Å². The molecular weight excluding hydrogens is 399 g/mol. The highest BCUT2D eigenvalue weighted by Crippen LogP contribution is 2.32. The summed E-state index contributed by atoms with van der Waals surface area (Å²) in [6, 6.07) is 10.6. The number of rotatable bonds is 5. The highest BCUT2D eigenvalue weighted by molar-refractivity contribution is 6.01. The lowest BCUT2D eigenvalue weighted by Gasteiger charge is -2.28. The normalized spacial score (nSPS) is 22.6. The molecule has 0 saturated carbocycles. The van der Waals surface area contributed by atoms with E-state index in [1.54, 1.807) is 6.20 Å². The monoisotopic (exact) mass is 424 g/mol. The van der Waals surface area contributed by atoms with Crippen LogP contribution in [0, 0.1) is 5.92 Å². The van der Waals surface area contributed by atoms with Crippen molar-refractivity contribution in [3.05, 3.63) is 36.5 Å². The Labute approximate surface area is 177 Å². The summed E-state index contributed by atoms with van der Waals surface area (Å²) >= 11 is 0. The fourth-order valence-corrected chi connectivity index (χ4v) is 4.25. The molecule has 2 amide bonds. The van der Waals surface area contributed by atoms with Gasteiger partial charge in [-0.05, 0) is 43.7 Å². The number of hydrogen-bond acceptors (Lipinski definition) is 4. The van der Waals surface area contributed by atoms with Gasteiger partial charge >= 0.3 is 0 Å². The number of para-hydroxylation sites is 1. The second kappa shape index (κ2) is 10.0. The Morgan fingerprint density at radius 3 is 2.50 bits per heavy atom. The number of pyridine rings is 1. The second-order valence-corrected chi connectivity index (χ2v) is 7.39. The summed E-state index contributed by atoms with van der Waals surface area (Å²) in [5, 5.41) is 10.1. The molecule has 0 spiro atoms. The van der Waals surface area contributed by atoms with Crippen LogP contribution < -0.4 is 16.0 Å². The highest BCUT2D eigenvalue weighted by atomic mass is 35.5. The molecule has 3 heterocycles. The van der Waals surface area contributed by atoms with E-state index < -0.39 is 0 Å². The summed E-state index contributed by atoms with van der Waals surface area (Å²) in [5.74, 6) is 0.156. The predicted octanol–water partition coefficient (Wildman–Crippen LogP) is 3.05. The van der Waals surface area contributed by atoms with E-state index in [4.69, 9.17) is 0 Å². The van der Waals surface area contributed by atoms with Crippen LogP contribution in [0.15, 0.2) is 36.5 Å². The summed E-state index contributed by atoms with van der Waals surface area (Å²) in [6.07, 6.45) is 6.80. The van der Waals surface area contributed by atoms with Crippen LogP contribution in [0.4, 0.5) is 5.69 Å². The van der Waals surface area contributed by atoms with Crippen molar-refractivity contribution in [1.29, 1.82) is 0 Å². The minimum Gasteiger partial charge on any atom is -0.347 e. The van der Waals surface area contributed by atoms with E-state index in [0.29, 0.717) is 30.1 Å². The molecule has 2 aromatic rings. The number of anilines is 1. The van der Waals surface area contributed by atoms with Gasteiger partial charge in [-0.3, -0.25) is 14.6 Å². The average molecular weight is 425 g/mol. The van der Waals surface area contributed by atoms with Gasteiger partial charge in [-0.1, -0.05) is 18.2 Å². The zero-order valence-corrected chi connectivity index (χ0v) is 17.2. The Hall–Kier alpha value is -1.89. The number of piperidine rings is 1. The largest absolute Gasteiger partial charge is 0.347 e. The number of halogens is 2. The first kappa shape index (κ1) is 22.4. The maximum atomic E-state index is 12.2. The first-order valence-corrected chi connectivity index (χ1v) is 9.34. The van der Waals surface area contributed by atoms with Crippen LogP contribution in [0.2, 0.25) is 0 Å². The second-order valence-electron chi connectivity index (χ2n) is 7.39. The molecule has 0 radical (unpaired) electrons. The molecular formula is C20H26Cl2N4O2. The van der Waals surface area contributed by atoms with E-state index in [2.05, 4.69) is 20.9 Å². The molecule has 8 heteroatoms. The van der Waals surface area contributed by atoms with Crippen LogP contribution in [0.5, 0.6) is 0 Å². The summed E-state index contributed by atoms with van der Waals surface area (Å²) < 4.78 is 0. The van der Waals surface area contributed by atoms with Crippen LogP contribution in [0.3, 0.4) is 0 Å². The summed E-state index contributed by atoms with van der Waals surface area (Å²) in [6.45, 7) is -0.0140. The first-order chi connectivity index (χ1) is 12.7. The van der Waals surface area contributed by atoms with Crippen molar-refractivity contribution in [2.45, 2.75) is 44.2 Å². The van der Waals surface area contributed by atoms with Crippen LogP contribution in [-0.4, -0.2) is 35.4 Å². The van der Waals surface area contributed by atoms with Gasteiger partial charge in [-0.25, -0.2) is 0 Å². The van der Waals surface area contributed by atoms with Crippen molar-refractivity contribution in [3.8, 4) is 0 Å². The molecule has 6 nitrogen and oxygen atoms in total. The molecule has 1 aromatic heterocycles. The van der Waals surface area contributed by atoms with Gasteiger partial charge in [-0.2, -0.15) is 0 Å². The molecule has 1 aromatic carbocycles. The van der Waals surface area contributed by atoms with Crippen molar-refractivity contribution >= 4 is 53.2 Å². The molecule has 4 rings (SSSR count). The maximum absolute atomic E-state index is 12.2. The van der Waals surface area contributed by atoms with Crippen molar-refractivity contribution in [2.24, 2.45) is 5.92 Å². The average Bonchev–Trinajstić information content (AvgIpc) is 2.99. The lowest BCUT2D eigenvalue weighted by atomic mass is 9.89. The van der Waals surface area contributed by atoms with Crippen LogP contribution >= 0.6 is 24.8 Å². The quantitative estimate of drug-likeness (QED) is 0.688. The highest BCUT2D eigenvalue weighted by Gasteiger charge is 2.34. The zero-order chi connectivity index (χ0) is 17.9. The van der Waals surface area contributed by atoms with E-state index in [0.717, 1.165) is 23.7 Å². The standard InChI is InChI=1S/C20H24N4O2.2ClH/c25-18(11-13-9-15-6-7-16(10-13)23-15)22-12-19(26)24-17-5-1-3-14-4-2-8-21-20(14)17;;/h1-5,8,13,15-16,23H,6-7,9-12H2,(H,22,25)(H,24,26);2*1H. The molecule has 2 unspecified atom stereocenters. The third kappa shape index (κ3) is 5.34. The van der Waals surface area contributed by atoms with Crippen molar-refractivity contribution in [3.63, 3.8) is 0 Å². The fraction of sp³-hybridized carbons (Fsp3) is 0.450. The molecule has 2 aliphatic rings. The van der Waals surface area contributed by atoms with Gasteiger partial charge in [0.1, 0.15) is 0 Å². The van der Waals surface area contributed by atoms with Gasteiger partial charge in [-0.15, -0.1) is 24.8 Å². The van der Waals surface area contributed by atoms with Crippen molar-refractivity contribution in [1.82, 2.24) is 15.6 Å². The van der Waals surface area contributed by atoms with Gasteiger partial charge in [0, 0.05) is 30.1 Å². The molecule has 2 atom stereocenters. The lowest BCUT2D eigenvalue weighted by molar-refractivity contribution is -0.125. The Morgan fingerprint density at radius 1 is 1.04 bits per heavy atom.